The quantitative estimate of drug-likeness (QED) is 0.869. The summed E-state index contributed by atoms with van der Waals surface area (Å²) >= 11 is 0. The number of carbonyl (C=O) groups is 1. The topological polar surface area (TPSA) is 97.0 Å². The lowest BCUT2D eigenvalue weighted by atomic mass is 9.76. The third-order valence-corrected chi connectivity index (χ3v) is 4.93. The molecule has 0 aromatic carbocycles. The molecule has 1 amide bonds. The van der Waals surface area contributed by atoms with Crippen LogP contribution in [0.5, 0.6) is 0 Å². The molecule has 0 atom stereocenters. The Hall–Kier alpha value is -2.65. The van der Waals surface area contributed by atoms with Gasteiger partial charge >= 0.3 is 6.43 Å². The SMILES string of the molecule is O=C(NC1(c2noc(C(F)F)n2)CCC1)c1ccc(N2CCCC2)nn1. The molecule has 138 valence electrons. The average molecular weight is 364 g/mol. The van der Waals surface area contributed by atoms with Gasteiger partial charge in [0.2, 0.25) is 0 Å². The molecule has 1 aliphatic carbocycles. The zero-order valence-electron chi connectivity index (χ0n) is 14.0. The molecule has 2 aromatic heterocycles. The van der Waals surface area contributed by atoms with E-state index in [0.29, 0.717) is 12.8 Å². The number of nitrogens with one attached hydrogen (secondary N) is 1. The molecule has 0 spiro atoms. The van der Waals surface area contributed by atoms with Crippen molar-refractivity contribution >= 4 is 11.7 Å². The fourth-order valence-electron chi connectivity index (χ4n) is 3.30. The number of anilines is 1. The highest BCUT2D eigenvalue weighted by molar-refractivity contribution is 5.92. The largest absolute Gasteiger partial charge is 0.355 e. The molecule has 0 radical (unpaired) electrons. The van der Waals surface area contributed by atoms with E-state index in [1.54, 1.807) is 12.1 Å². The first kappa shape index (κ1) is 16.8. The highest BCUT2D eigenvalue weighted by Crippen LogP contribution is 2.40. The van der Waals surface area contributed by atoms with Crippen LogP contribution in [0, 0.1) is 0 Å². The van der Waals surface area contributed by atoms with Crippen LogP contribution in [0.4, 0.5) is 14.6 Å². The zero-order valence-corrected chi connectivity index (χ0v) is 14.0. The average Bonchev–Trinajstić information content (AvgIpc) is 3.30. The normalized spacial score (nSPS) is 18.8. The van der Waals surface area contributed by atoms with Crippen molar-refractivity contribution in [1.82, 2.24) is 25.7 Å². The molecular formula is C16H18F2N6O2. The van der Waals surface area contributed by atoms with Crippen LogP contribution in [0.1, 0.15) is 60.7 Å². The van der Waals surface area contributed by atoms with Gasteiger partial charge in [-0.1, -0.05) is 5.16 Å². The predicted octanol–water partition coefficient (Wildman–Crippen LogP) is 2.21. The molecule has 2 fully saturated rings. The van der Waals surface area contributed by atoms with E-state index in [4.69, 9.17) is 0 Å². The highest BCUT2D eigenvalue weighted by Gasteiger charge is 2.45. The minimum atomic E-state index is -2.84. The number of rotatable bonds is 5. The molecule has 10 heteroatoms. The Morgan fingerprint density at radius 2 is 1.96 bits per heavy atom. The summed E-state index contributed by atoms with van der Waals surface area (Å²) in [7, 11) is 0. The Kier molecular flexibility index (Phi) is 4.25. The standard InChI is InChI=1S/C16H18F2N6O2/c17-12(18)14-19-15(23-26-14)16(6-3-7-16)20-13(25)10-4-5-11(22-21-10)24-8-1-2-9-24/h4-5,12H,1-3,6-9H2,(H,20,25). The third kappa shape index (κ3) is 2.99. The summed E-state index contributed by atoms with van der Waals surface area (Å²) in [6, 6.07) is 3.38. The van der Waals surface area contributed by atoms with Gasteiger partial charge in [0, 0.05) is 13.1 Å². The van der Waals surface area contributed by atoms with Crippen LogP contribution < -0.4 is 10.2 Å². The maximum Gasteiger partial charge on any atom is 0.315 e. The molecule has 1 saturated heterocycles. The third-order valence-electron chi connectivity index (χ3n) is 4.93. The van der Waals surface area contributed by atoms with Gasteiger partial charge in [-0.3, -0.25) is 4.79 Å². The van der Waals surface area contributed by atoms with E-state index in [2.05, 4.69) is 35.1 Å². The summed E-state index contributed by atoms with van der Waals surface area (Å²) in [6.45, 7) is 1.88. The zero-order chi connectivity index (χ0) is 18.1. The molecule has 4 rings (SSSR count). The molecular weight excluding hydrogens is 346 g/mol. The number of carbonyl (C=O) groups excluding carboxylic acids is 1. The van der Waals surface area contributed by atoms with Gasteiger partial charge in [-0.2, -0.15) is 13.8 Å². The first-order valence-electron chi connectivity index (χ1n) is 8.61. The number of nitrogens with zero attached hydrogens (tertiary/aromatic N) is 5. The van der Waals surface area contributed by atoms with Crippen molar-refractivity contribution in [3.05, 3.63) is 29.5 Å². The Labute approximate surface area is 148 Å². The second kappa shape index (κ2) is 6.58. The van der Waals surface area contributed by atoms with Crippen LogP contribution in [0.25, 0.3) is 0 Å². The second-order valence-corrected chi connectivity index (χ2v) is 6.62. The van der Waals surface area contributed by atoms with E-state index in [9.17, 15) is 13.6 Å². The number of halogens is 2. The van der Waals surface area contributed by atoms with E-state index >= 15 is 0 Å². The minimum Gasteiger partial charge on any atom is -0.355 e. The predicted molar refractivity (Wildman–Crippen MR) is 85.7 cm³/mol. The van der Waals surface area contributed by atoms with Gasteiger partial charge in [-0.25, -0.2) is 0 Å². The lowest BCUT2D eigenvalue weighted by molar-refractivity contribution is 0.0797. The van der Waals surface area contributed by atoms with Crippen molar-refractivity contribution < 1.29 is 18.1 Å². The molecule has 2 aromatic rings. The number of aromatic nitrogens is 4. The van der Waals surface area contributed by atoms with Gasteiger partial charge in [-0.15, -0.1) is 10.2 Å². The van der Waals surface area contributed by atoms with Crippen LogP contribution >= 0.6 is 0 Å². The lowest BCUT2D eigenvalue weighted by Crippen LogP contribution is -2.51. The summed E-state index contributed by atoms with van der Waals surface area (Å²) in [4.78, 5) is 18.4. The van der Waals surface area contributed by atoms with Crippen molar-refractivity contribution in [3.63, 3.8) is 0 Å². The fraction of sp³-hybridized carbons (Fsp3) is 0.562. The van der Waals surface area contributed by atoms with Crippen LogP contribution in [0.2, 0.25) is 0 Å². The first-order chi connectivity index (χ1) is 12.6. The van der Waals surface area contributed by atoms with E-state index in [-0.39, 0.29) is 11.5 Å². The maximum atomic E-state index is 12.7. The van der Waals surface area contributed by atoms with Crippen molar-refractivity contribution in [2.45, 2.75) is 44.1 Å². The van der Waals surface area contributed by atoms with Crippen LogP contribution in [0.3, 0.4) is 0 Å². The molecule has 1 saturated carbocycles. The lowest BCUT2D eigenvalue weighted by Gasteiger charge is -2.39. The number of amides is 1. The molecule has 8 nitrogen and oxygen atoms in total. The number of alkyl halides is 2. The summed E-state index contributed by atoms with van der Waals surface area (Å²) in [6.07, 6.45) is 1.35. The summed E-state index contributed by atoms with van der Waals surface area (Å²) in [5.41, 5.74) is -0.722. The molecule has 0 bridgehead atoms. The first-order valence-corrected chi connectivity index (χ1v) is 8.61. The van der Waals surface area contributed by atoms with Crippen LogP contribution in [-0.2, 0) is 5.54 Å². The molecule has 2 aliphatic rings. The summed E-state index contributed by atoms with van der Waals surface area (Å²) < 4.78 is 29.9. The molecule has 1 N–H and O–H groups in total. The van der Waals surface area contributed by atoms with E-state index in [1.807, 2.05) is 0 Å². The monoisotopic (exact) mass is 364 g/mol. The van der Waals surface area contributed by atoms with E-state index in [1.165, 1.54) is 0 Å². The van der Waals surface area contributed by atoms with E-state index in [0.717, 1.165) is 38.2 Å². The fourth-order valence-corrected chi connectivity index (χ4v) is 3.30. The summed E-state index contributed by atoms with van der Waals surface area (Å²) in [5.74, 6) is -0.352. The van der Waals surface area contributed by atoms with Gasteiger partial charge in [0.25, 0.3) is 11.8 Å². The van der Waals surface area contributed by atoms with Crippen LogP contribution in [-0.4, -0.2) is 39.3 Å². The van der Waals surface area contributed by atoms with Crippen molar-refractivity contribution in [2.75, 3.05) is 18.0 Å². The van der Waals surface area contributed by atoms with E-state index < -0.39 is 23.8 Å². The Balaban J connectivity index is 1.48. The smallest absolute Gasteiger partial charge is 0.315 e. The van der Waals surface area contributed by atoms with Gasteiger partial charge in [0.05, 0.1) is 0 Å². The van der Waals surface area contributed by atoms with Gasteiger partial charge < -0.3 is 14.7 Å². The number of hydrogen-bond donors (Lipinski definition) is 1. The molecule has 0 unspecified atom stereocenters. The second-order valence-electron chi connectivity index (χ2n) is 6.62. The van der Waals surface area contributed by atoms with Crippen LogP contribution in [0.15, 0.2) is 16.7 Å². The maximum absolute atomic E-state index is 12.7. The molecule has 1 aliphatic heterocycles. The summed E-state index contributed by atoms with van der Waals surface area (Å²) in [5, 5.41) is 14.6. The van der Waals surface area contributed by atoms with Crippen molar-refractivity contribution in [2.24, 2.45) is 0 Å². The Morgan fingerprint density at radius 1 is 1.19 bits per heavy atom. The Bertz CT molecular complexity index is 784. The molecule has 3 heterocycles. The molecule has 26 heavy (non-hydrogen) atoms. The van der Waals surface area contributed by atoms with Crippen molar-refractivity contribution in [1.29, 1.82) is 0 Å². The number of hydrogen-bond acceptors (Lipinski definition) is 7. The highest BCUT2D eigenvalue weighted by atomic mass is 19.3. The van der Waals surface area contributed by atoms with Gasteiger partial charge in [0.15, 0.2) is 17.3 Å². The van der Waals surface area contributed by atoms with Gasteiger partial charge in [0.1, 0.15) is 5.54 Å². The van der Waals surface area contributed by atoms with Gasteiger partial charge in [-0.05, 0) is 44.2 Å². The Morgan fingerprint density at radius 3 is 2.50 bits per heavy atom. The van der Waals surface area contributed by atoms with Crippen molar-refractivity contribution in [3.8, 4) is 0 Å². The minimum absolute atomic E-state index is 0.0778.